The molecule has 0 heterocycles. The zero-order valence-corrected chi connectivity index (χ0v) is 10.7. The molecule has 2 rings (SSSR count). The summed E-state index contributed by atoms with van der Waals surface area (Å²) in [5, 5.41) is 18.6. The largest absolute Gasteiger partial charge is 0.508 e. The summed E-state index contributed by atoms with van der Waals surface area (Å²) in [7, 11) is 0. The highest BCUT2D eigenvalue weighted by Crippen LogP contribution is 2.23. The number of carbonyl (C=O) groups is 1. The first-order valence-electron chi connectivity index (χ1n) is 6.13. The molecular formula is C16H16O3. The second-order valence-corrected chi connectivity index (χ2v) is 4.67. The Kier molecular flexibility index (Phi) is 3.85. The smallest absolute Gasteiger partial charge is 0.311 e. The number of rotatable bonds is 4. The zero-order valence-electron chi connectivity index (χ0n) is 10.7. The van der Waals surface area contributed by atoms with Crippen LogP contribution in [0.4, 0.5) is 0 Å². The molecule has 0 aliphatic carbocycles. The molecule has 0 fully saturated rings. The van der Waals surface area contributed by atoms with E-state index in [-0.39, 0.29) is 5.75 Å². The topological polar surface area (TPSA) is 57.5 Å². The molecule has 0 amide bonds. The summed E-state index contributed by atoms with van der Waals surface area (Å²) in [6.45, 7) is 1.97. The minimum atomic E-state index is -0.836. The van der Waals surface area contributed by atoms with Crippen LogP contribution in [0.25, 0.3) is 0 Å². The maximum atomic E-state index is 11.4. The van der Waals surface area contributed by atoms with Gasteiger partial charge in [0.15, 0.2) is 0 Å². The lowest BCUT2D eigenvalue weighted by Crippen LogP contribution is -2.14. The lowest BCUT2D eigenvalue weighted by molar-refractivity contribution is -0.138. The number of carboxylic acids is 1. The van der Waals surface area contributed by atoms with Crippen molar-refractivity contribution in [2.75, 3.05) is 0 Å². The molecule has 3 heteroatoms. The first-order chi connectivity index (χ1) is 9.06. The van der Waals surface area contributed by atoms with E-state index in [4.69, 9.17) is 0 Å². The predicted octanol–water partition coefficient (Wildman–Crippen LogP) is 3.11. The van der Waals surface area contributed by atoms with E-state index >= 15 is 0 Å². The number of carboxylic acid groups (broad SMARTS) is 1. The Morgan fingerprint density at radius 1 is 1.05 bits per heavy atom. The molecule has 0 spiro atoms. The SMILES string of the molecule is Cc1ccc(C(Cc2ccc(O)cc2)C(=O)O)cc1. The molecule has 0 aliphatic rings. The summed E-state index contributed by atoms with van der Waals surface area (Å²) in [5.74, 6) is -1.21. The van der Waals surface area contributed by atoms with Gasteiger partial charge in [0.2, 0.25) is 0 Å². The Balaban J connectivity index is 2.23. The summed E-state index contributed by atoms with van der Waals surface area (Å²) in [5.41, 5.74) is 2.80. The number of aromatic hydroxyl groups is 1. The normalized spacial score (nSPS) is 12.1. The highest BCUT2D eigenvalue weighted by Gasteiger charge is 2.20. The zero-order chi connectivity index (χ0) is 13.8. The number of benzene rings is 2. The molecule has 1 atom stereocenters. The number of aryl methyl sites for hydroxylation is 1. The number of phenolic OH excluding ortho intramolecular Hbond substituents is 1. The van der Waals surface area contributed by atoms with Gasteiger partial charge in [-0.1, -0.05) is 42.0 Å². The van der Waals surface area contributed by atoms with E-state index in [1.807, 2.05) is 31.2 Å². The van der Waals surface area contributed by atoms with Gasteiger partial charge in [-0.2, -0.15) is 0 Å². The molecule has 0 aliphatic heterocycles. The van der Waals surface area contributed by atoms with Crippen LogP contribution < -0.4 is 0 Å². The van der Waals surface area contributed by atoms with Crippen LogP contribution in [0.15, 0.2) is 48.5 Å². The van der Waals surface area contributed by atoms with E-state index in [0.29, 0.717) is 6.42 Å². The minimum Gasteiger partial charge on any atom is -0.508 e. The molecule has 0 aromatic heterocycles. The molecule has 3 nitrogen and oxygen atoms in total. The fourth-order valence-corrected chi connectivity index (χ4v) is 2.01. The monoisotopic (exact) mass is 256 g/mol. The lowest BCUT2D eigenvalue weighted by Gasteiger charge is -2.13. The van der Waals surface area contributed by atoms with Crippen LogP contribution >= 0.6 is 0 Å². The van der Waals surface area contributed by atoms with Crippen LogP contribution in [0, 0.1) is 6.92 Å². The van der Waals surface area contributed by atoms with Crippen molar-refractivity contribution in [2.45, 2.75) is 19.3 Å². The number of hydrogen-bond acceptors (Lipinski definition) is 2. The van der Waals surface area contributed by atoms with Gasteiger partial charge in [0, 0.05) is 0 Å². The van der Waals surface area contributed by atoms with Gasteiger partial charge in [0.25, 0.3) is 0 Å². The highest BCUT2D eigenvalue weighted by atomic mass is 16.4. The fraction of sp³-hybridized carbons (Fsp3) is 0.188. The second kappa shape index (κ2) is 5.57. The second-order valence-electron chi connectivity index (χ2n) is 4.67. The van der Waals surface area contributed by atoms with Crippen LogP contribution in [0.5, 0.6) is 5.75 Å². The van der Waals surface area contributed by atoms with E-state index in [2.05, 4.69) is 0 Å². The third kappa shape index (κ3) is 3.35. The molecule has 98 valence electrons. The summed E-state index contributed by atoms with van der Waals surface area (Å²) >= 11 is 0. The van der Waals surface area contributed by atoms with Crippen molar-refractivity contribution in [1.82, 2.24) is 0 Å². The van der Waals surface area contributed by atoms with Crippen molar-refractivity contribution in [2.24, 2.45) is 0 Å². The van der Waals surface area contributed by atoms with Gasteiger partial charge in [-0.3, -0.25) is 4.79 Å². The quantitative estimate of drug-likeness (QED) is 0.883. The first kappa shape index (κ1) is 13.1. The lowest BCUT2D eigenvalue weighted by atomic mass is 9.91. The Morgan fingerprint density at radius 3 is 2.16 bits per heavy atom. The fourth-order valence-electron chi connectivity index (χ4n) is 2.01. The van der Waals surface area contributed by atoms with Crippen LogP contribution in [0.1, 0.15) is 22.6 Å². The number of hydrogen-bond donors (Lipinski definition) is 2. The van der Waals surface area contributed by atoms with Gasteiger partial charge >= 0.3 is 5.97 Å². The van der Waals surface area contributed by atoms with Gasteiger partial charge in [-0.25, -0.2) is 0 Å². The van der Waals surface area contributed by atoms with Crippen LogP contribution in [0.2, 0.25) is 0 Å². The molecule has 2 aromatic carbocycles. The predicted molar refractivity (Wildman–Crippen MR) is 73.4 cm³/mol. The Morgan fingerprint density at radius 2 is 1.63 bits per heavy atom. The van der Waals surface area contributed by atoms with E-state index in [1.165, 1.54) is 0 Å². The molecule has 0 saturated heterocycles. The standard InChI is InChI=1S/C16H16O3/c1-11-2-6-13(7-3-11)15(16(18)19)10-12-4-8-14(17)9-5-12/h2-9,15,17H,10H2,1H3,(H,18,19). The van der Waals surface area contributed by atoms with E-state index in [0.717, 1.165) is 16.7 Å². The molecule has 2 aromatic rings. The maximum Gasteiger partial charge on any atom is 0.311 e. The Labute approximate surface area is 112 Å². The van der Waals surface area contributed by atoms with Gasteiger partial charge in [-0.05, 0) is 36.6 Å². The van der Waals surface area contributed by atoms with Crippen LogP contribution in [0.3, 0.4) is 0 Å². The van der Waals surface area contributed by atoms with Gasteiger partial charge in [0.1, 0.15) is 5.75 Å². The van der Waals surface area contributed by atoms with Crippen molar-refractivity contribution in [1.29, 1.82) is 0 Å². The maximum absolute atomic E-state index is 11.4. The third-order valence-electron chi connectivity index (χ3n) is 3.15. The summed E-state index contributed by atoms with van der Waals surface area (Å²) in [6, 6.07) is 14.2. The van der Waals surface area contributed by atoms with Crippen molar-refractivity contribution < 1.29 is 15.0 Å². The Bertz CT molecular complexity index is 556. The molecule has 0 saturated carbocycles. The highest BCUT2D eigenvalue weighted by molar-refractivity contribution is 5.76. The summed E-state index contributed by atoms with van der Waals surface area (Å²) < 4.78 is 0. The van der Waals surface area contributed by atoms with Gasteiger partial charge in [-0.15, -0.1) is 0 Å². The summed E-state index contributed by atoms with van der Waals surface area (Å²) in [4.78, 5) is 11.4. The van der Waals surface area contributed by atoms with E-state index in [1.54, 1.807) is 24.3 Å². The first-order valence-corrected chi connectivity index (χ1v) is 6.13. The van der Waals surface area contributed by atoms with Crippen molar-refractivity contribution in [3.63, 3.8) is 0 Å². The minimum absolute atomic E-state index is 0.186. The molecule has 0 bridgehead atoms. The van der Waals surface area contributed by atoms with Crippen molar-refractivity contribution >= 4 is 5.97 Å². The van der Waals surface area contributed by atoms with Crippen molar-refractivity contribution in [3.8, 4) is 5.75 Å². The average Bonchev–Trinajstić information content (AvgIpc) is 2.39. The number of aliphatic carboxylic acids is 1. The molecule has 2 N–H and O–H groups in total. The van der Waals surface area contributed by atoms with Gasteiger partial charge < -0.3 is 10.2 Å². The molecular weight excluding hydrogens is 240 g/mol. The van der Waals surface area contributed by atoms with Crippen LogP contribution in [-0.2, 0) is 11.2 Å². The molecule has 1 unspecified atom stereocenters. The third-order valence-corrected chi connectivity index (χ3v) is 3.15. The van der Waals surface area contributed by atoms with Gasteiger partial charge in [0.05, 0.1) is 5.92 Å². The molecule has 19 heavy (non-hydrogen) atoms. The van der Waals surface area contributed by atoms with E-state index < -0.39 is 11.9 Å². The number of phenols is 1. The Hall–Kier alpha value is -2.29. The van der Waals surface area contributed by atoms with Crippen LogP contribution in [-0.4, -0.2) is 16.2 Å². The average molecular weight is 256 g/mol. The van der Waals surface area contributed by atoms with E-state index in [9.17, 15) is 15.0 Å². The molecule has 0 radical (unpaired) electrons. The van der Waals surface area contributed by atoms with Crippen molar-refractivity contribution in [3.05, 3.63) is 65.2 Å². The summed E-state index contributed by atoms with van der Waals surface area (Å²) in [6.07, 6.45) is 0.415.